The Morgan fingerprint density at radius 2 is 2.38 bits per heavy atom. The molecule has 0 aliphatic carbocycles. The highest BCUT2D eigenvalue weighted by Crippen LogP contribution is 2.10. The summed E-state index contributed by atoms with van der Waals surface area (Å²) in [5.74, 6) is 0.224. The first-order valence-corrected chi connectivity index (χ1v) is 6.55. The van der Waals surface area contributed by atoms with Crippen molar-refractivity contribution in [1.29, 1.82) is 0 Å². The molecule has 2 rings (SSSR count). The Morgan fingerprint density at radius 1 is 1.62 bits per heavy atom. The van der Waals surface area contributed by atoms with E-state index in [0.29, 0.717) is 0 Å². The van der Waals surface area contributed by atoms with E-state index in [2.05, 4.69) is 10.3 Å². The van der Waals surface area contributed by atoms with Crippen LogP contribution in [0.1, 0.15) is 24.6 Å². The predicted molar refractivity (Wildman–Crippen MR) is 64.2 cm³/mol. The van der Waals surface area contributed by atoms with Crippen molar-refractivity contribution in [2.24, 2.45) is 0 Å². The summed E-state index contributed by atoms with van der Waals surface area (Å²) < 4.78 is 0. The molecule has 1 aromatic heterocycles. The van der Waals surface area contributed by atoms with Gasteiger partial charge < -0.3 is 10.2 Å². The van der Waals surface area contributed by atoms with Crippen LogP contribution in [0.15, 0.2) is 11.7 Å². The highest BCUT2D eigenvalue weighted by atomic mass is 32.1. The quantitative estimate of drug-likeness (QED) is 0.860. The molecule has 0 aromatic carbocycles. The molecule has 0 radical (unpaired) electrons. The van der Waals surface area contributed by atoms with Crippen molar-refractivity contribution < 1.29 is 4.79 Å². The topological polar surface area (TPSA) is 45.2 Å². The minimum Gasteiger partial charge on any atom is -0.341 e. The van der Waals surface area contributed by atoms with E-state index in [-0.39, 0.29) is 11.9 Å². The highest BCUT2D eigenvalue weighted by Gasteiger charge is 2.22. The standard InChI is InChI=1S/C11H17N3OS/c1-9(11(15)14-4-2-3-5-14)13-7-10-6-12-8-16-10/h6,8-9,13H,2-5,7H2,1H3. The number of nitrogens with one attached hydrogen (secondary N) is 1. The number of rotatable bonds is 4. The van der Waals surface area contributed by atoms with E-state index in [9.17, 15) is 4.79 Å². The lowest BCUT2D eigenvalue weighted by Crippen LogP contribution is -2.43. The van der Waals surface area contributed by atoms with Crippen molar-refractivity contribution in [2.75, 3.05) is 13.1 Å². The summed E-state index contributed by atoms with van der Waals surface area (Å²) in [7, 11) is 0. The smallest absolute Gasteiger partial charge is 0.239 e. The van der Waals surface area contributed by atoms with Crippen LogP contribution in [0.5, 0.6) is 0 Å². The molecular weight excluding hydrogens is 222 g/mol. The second-order valence-corrected chi connectivity index (χ2v) is 5.07. The summed E-state index contributed by atoms with van der Waals surface area (Å²) in [5.41, 5.74) is 1.81. The van der Waals surface area contributed by atoms with Gasteiger partial charge in [0.25, 0.3) is 0 Å². The van der Waals surface area contributed by atoms with Crippen LogP contribution in [0, 0.1) is 0 Å². The Labute approximate surface area is 99.7 Å². The van der Waals surface area contributed by atoms with Crippen molar-refractivity contribution in [1.82, 2.24) is 15.2 Å². The van der Waals surface area contributed by atoms with Gasteiger partial charge in [-0.3, -0.25) is 9.78 Å². The van der Waals surface area contributed by atoms with E-state index < -0.39 is 0 Å². The predicted octanol–water partition coefficient (Wildman–Crippen LogP) is 1.24. The van der Waals surface area contributed by atoms with Gasteiger partial charge in [0, 0.05) is 30.7 Å². The largest absolute Gasteiger partial charge is 0.341 e. The van der Waals surface area contributed by atoms with E-state index in [1.165, 1.54) is 4.88 Å². The van der Waals surface area contributed by atoms with Gasteiger partial charge >= 0.3 is 0 Å². The molecule has 1 amide bonds. The Kier molecular flexibility index (Phi) is 3.90. The highest BCUT2D eigenvalue weighted by molar-refractivity contribution is 7.09. The third kappa shape index (κ3) is 2.80. The second-order valence-electron chi connectivity index (χ2n) is 4.10. The molecule has 1 unspecified atom stereocenters. The summed E-state index contributed by atoms with van der Waals surface area (Å²) >= 11 is 1.61. The average molecular weight is 239 g/mol. The van der Waals surface area contributed by atoms with Gasteiger partial charge in [-0.1, -0.05) is 0 Å². The molecule has 88 valence electrons. The zero-order valence-corrected chi connectivity index (χ0v) is 10.3. The average Bonchev–Trinajstić information content (AvgIpc) is 2.96. The normalized spacial score (nSPS) is 17.7. The Hall–Kier alpha value is -0.940. The monoisotopic (exact) mass is 239 g/mol. The molecule has 0 saturated carbocycles. The Morgan fingerprint density at radius 3 is 3.00 bits per heavy atom. The van der Waals surface area contributed by atoms with Crippen molar-refractivity contribution in [3.05, 3.63) is 16.6 Å². The van der Waals surface area contributed by atoms with Crippen molar-refractivity contribution >= 4 is 17.2 Å². The van der Waals surface area contributed by atoms with Gasteiger partial charge in [-0.15, -0.1) is 11.3 Å². The fourth-order valence-corrected chi connectivity index (χ4v) is 2.43. The summed E-state index contributed by atoms with van der Waals surface area (Å²) in [6.07, 6.45) is 4.13. The summed E-state index contributed by atoms with van der Waals surface area (Å²) in [6.45, 7) is 4.50. The van der Waals surface area contributed by atoms with Crippen LogP contribution in [-0.4, -0.2) is 34.9 Å². The fourth-order valence-electron chi connectivity index (χ4n) is 1.88. The Bertz CT molecular complexity index is 333. The van der Waals surface area contributed by atoms with E-state index in [1.807, 2.05) is 23.5 Å². The van der Waals surface area contributed by atoms with Gasteiger partial charge in [-0.2, -0.15) is 0 Å². The molecule has 1 aliphatic heterocycles. The second kappa shape index (κ2) is 5.41. The molecule has 1 atom stereocenters. The van der Waals surface area contributed by atoms with Gasteiger partial charge in [0.2, 0.25) is 5.91 Å². The Balaban J connectivity index is 1.78. The van der Waals surface area contributed by atoms with Crippen LogP contribution in [0.25, 0.3) is 0 Å². The number of thiazole rings is 1. The molecule has 0 bridgehead atoms. The zero-order chi connectivity index (χ0) is 11.4. The maximum absolute atomic E-state index is 12.0. The molecular formula is C11H17N3OS. The third-order valence-electron chi connectivity index (χ3n) is 2.85. The maximum Gasteiger partial charge on any atom is 0.239 e. The molecule has 0 spiro atoms. The molecule has 16 heavy (non-hydrogen) atoms. The van der Waals surface area contributed by atoms with E-state index in [1.54, 1.807) is 11.3 Å². The molecule has 1 aromatic rings. The van der Waals surface area contributed by atoms with Crippen molar-refractivity contribution in [2.45, 2.75) is 32.4 Å². The van der Waals surface area contributed by atoms with Gasteiger partial charge in [0.05, 0.1) is 11.6 Å². The fraction of sp³-hybridized carbons (Fsp3) is 0.636. The first kappa shape index (κ1) is 11.5. The number of carbonyl (C=O) groups excluding carboxylic acids is 1. The van der Waals surface area contributed by atoms with Crippen molar-refractivity contribution in [3.63, 3.8) is 0 Å². The number of likely N-dealkylation sites (tertiary alicyclic amines) is 1. The number of hydrogen-bond donors (Lipinski definition) is 1. The summed E-state index contributed by atoms with van der Waals surface area (Å²) in [4.78, 5) is 19.1. The number of carbonyl (C=O) groups is 1. The molecule has 1 aliphatic rings. The third-order valence-corrected chi connectivity index (χ3v) is 3.63. The molecule has 2 heterocycles. The summed E-state index contributed by atoms with van der Waals surface area (Å²) in [5, 5.41) is 3.24. The van der Waals surface area contributed by atoms with E-state index in [4.69, 9.17) is 0 Å². The lowest BCUT2D eigenvalue weighted by Gasteiger charge is -2.20. The van der Waals surface area contributed by atoms with Crippen LogP contribution < -0.4 is 5.32 Å². The van der Waals surface area contributed by atoms with Crippen LogP contribution >= 0.6 is 11.3 Å². The van der Waals surface area contributed by atoms with Gasteiger partial charge in [0.1, 0.15) is 0 Å². The number of amides is 1. The molecule has 1 N–H and O–H groups in total. The number of nitrogens with zero attached hydrogens (tertiary/aromatic N) is 2. The molecule has 4 nitrogen and oxygen atoms in total. The van der Waals surface area contributed by atoms with Gasteiger partial charge in [0.15, 0.2) is 0 Å². The maximum atomic E-state index is 12.0. The summed E-state index contributed by atoms with van der Waals surface area (Å²) in [6, 6.07) is -0.0970. The molecule has 5 heteroatoms. The lowest BCUT2D eigenvalue weighted by atomic mass is 10.3. The molecule has 1 fully saturated rings. The lowest BCUT2D eigenvalue weighted by molar-refractivity contribution is -0.131. The first-order chi connectivity index (χ1) is 7.77. The van der Waals surface area contributed by atoms with Crippen LogP contribution in [0.2, 0.25) is 0 Å². The van der Waals surface area contributed by atoms with Gasteiger partial charge in [-0.25, -0.2) is 0 Å². The van der Waals surface area contributed by atoms with E-state index >= 15 is 0 Å². The minimum absolute atomic E-state index is 0.0970. The number of hydrogen-bond acceptors (Lipinski definition) is 4. The van der Waals surface area contributed by atoms with Crippen LogP contribution in [0.3, 0.4) is 0 Å². The van der Waals surface area contributed by atoms with Crippen LogP contribution in [0.4, 0.5) is 0 Å². The zero-order valence-electron chi connectivity index (χ0n) is 9.48. The number of aromatic nitrogens is 1. The van der Waals surface area contributed by atoms with E-state index in [0.717, 1.165) is 32.5 Å². The first-order valence-electron chi connectivity index (χ1n) is 5.67. The minimum atomic E-state index is -0.0970. The molecule has 1 saturated heterocycles. The van der Waals surface area contributed by atoms with Crippen LogP contribution in [-0.2, 0) is 11.3 Å². The SMILES string of the molecule is CC(NCc1cncs1)C(=O)N1CCCC1. The van der Waals surface area contributed by atoms with Crippen molar-refractivity contribution in [3.8, 4) is 0 Å². The van der Waals surface area contributed by atoms with Gasteiger partial charge in [-0.05, 0) is 19.8 Å².